The average Bonchev–Trinajstić information content (AvgIpc) is 3.00. The SMILES string of the molecule is CCCNC(=O)Nc1cc(C(=O)NC(CC(=O)O)c2cccnc2)ccc1N1CCN(C(=O)c2ccccc2)CC1. The molecule has 11 heteroatoms. The predicted octanol–water partition coefficient (Wildman–Crippen LogP) is 3.52. The first kappa shape index (κ1) is 29.1. The smallest absolute Gasteiger partial charge is 0.319 e. The van der Waals surface area contributed by atoms with Gasteiger partial charge in [-0.3, -0.25) is 19.4 Å². The van der Waals surface area contributed by atoms with Gasteiger partial charge in [-0.2, -0.15) is 0 Å². The van der Waals surface area contributed by atoms with Crippen molar-refractivity contribution in [3.05, 3.63) is 89.7 Å². The third-order valence-corrected chi connectivity index (χ3v) is 6.74. The molecule has 0 bridgehead atoms. The second-order valence-corrected chi connectivity index (χ2v) is 9.67. The van der Waals surface area contributed by atoms with Crippen LogP contribution >= 0.6 is 0 Å². The minimum atomic E-state index is -1.06. The fourth-order valence-electron chi connectivity index (χ4n) is 4.62. The number of hydrogen-bond donors (Lipinski definition) is 4. The maximum Gasteiger partial charge on any atom is 0.319 e. The van der Waals surface area contributed by atoms with Gasteiger partial charge in [0.15, 0.2) is 0 Å². The number of aromatic nitrogens is 1. The molecule has 4 rings (SSSR count). The van der Waals surface area contributed by atoms with Gasteiger partial charge in [0.25, 0.3) is 11.8 Å². The summed E-state index contributed by atoms with van der Waals surface area (Å²) in [5.74, 6) is -1.57. The zero-order valence-corrected chi connectivity index (χ0v) is 22.9. The number of urea groups is 1. The van der Waals surface area contributed by atoms with E-state index in [0.717, 1.165) is 6.42 Å². The monoisotopic (exact) mass is 558 g/mol. The fraction of sp³-hybridized carbons (Fsp3) is 0.300. The molecule has 1 aliphatic rings. The summed E-state index contributed by atoms with van der Waals surface area (Å²) in [6.45, 7) is 4.51. The number of benzene rings is 2. The maximum absolute atomic E-state index is 13.2. The van der Waals surface area contributed by atoms with Crippen molar-refractivity contribution in [2.45, 2.75) is 25.8 Å². The number of aliphatic carboxylic acids is 1. The Balaban J connectivity index is 1.53. The summed E-state index contributed by atoms with van der Waals surface area (Å²) in [4.78, 5) is 58.1. The summed E-state index contributed by atoms with van der Waals surface area (Å²) in [5.41, 5.74) is 2.62. The third kappa shape index (κ3) is 7.81. The molecule has 0 spiro atoms. The van der Waals surface area contributed by atoms with Crippen LogP contribution in [-0.2, 0) is 4.79 Å². The van der Waals surface area contributed by atoms with Crippen molar-refractivity contribution in [2.24, 2.45) is 0 Å². The van der Waals surface area contributed by atoms with Gasteiger partial charge < -0.3 is 30.9 Å². The summed E-state index contributed by atoms with van der Waals surface area (Å²) in [6, 6.07) is 16.3. The van der Waals surface area contributed by atoms with Crippen molar-refractivity contribution in [2.75, 3.05) is 42.9 Å². The maximum atomic E-state index is 13.2. The second-order valence-electron chi connectivity index (χ2n) is 9.67. The Morgan fingerprint density at radius 1 is 0.951 bits per heavy atom. The molecule has 2 heterocycles. The Hall–Kier alpha value is -4.93. The number of nitrogens with one attached hydrogen (secondary N) is 3. The largest absolute Gasteiger partial charge is 0.481 e. The van der Waals surface area contributed by atoms with Gasteiger partial charge in [0.1, 0.15) is 0 Å². The molecule has 1 saturated heterocycles. The summed E-state index contributed by atoms with van der Waals surface area (Å²) in [7, 11) is 0. The van der Waals surface area contributed by atoms with Crippen LogP contribution in [0.5, 0.6) is 0 Å². The van der Waals surface area contributed by atoms with E-state index >= 15 is 0 Å². The van der Waals surface area contributed by atoms with Crippen molar-refractivity contribution < 1.29 is 24.3 Å². The summed E-state index contributed by atoms with van der Waals surface area (Å²) in [5, 5.41) is 17.8. The van der Waals surface area contributed by atoms with Crippen LogP contribution < -0.4 is 20.9 Å². The number of hydrogen-bond acceptors (Lipinski definition) is 6. The Labute approximate surface area is 238 Å². The number of piperazine rings is 1. The van der Waals surface area contributed by atoms with E-state index in [0.29, 0.717) is 55.2 Å². The van der Waals surface area contributed by atoms with E-state index in [1.54, 1.807) is 53.6 Å². The van der Waals surface area contributed by atoms with Gasteiger partial charge in [-0.05, 0) is 48.4 Å². The minimum Gasteiger partial charge on any atom is -0.481 e. The lowest BCUT2D eigenvalue weighted by atomic mass is 10.0. The minimum absolute atomic E-state index is 0.0286. The third-order valence-electron chi connectivity index (χ3n) is 6.74. The summed E-state index contributed by atoms with van der Waals surface area (Å²) < 4.78 is 0. The molecule has 214 valence electrons. The van der Waals surface area contributed by atoms with Gasteiger partial charge in [0.05, 0.1) is 23.8 Å². The van der Waals surface area contributed by atoms with Gasteiger partial charge >= 0.3 is 12.0 Å². The average molecular weight is 559 g/mol. The number of anilines is 2. The topological polar surface area (TPSA) is 144 Å². The number of carbonyl (C=O) groups is 4. The van der Waals surface area contributed by atoms with E-state index in [4.69, 9.17) is 0 Å². The molecule has 2 aromatic carbocycles. The Morgan fingerprint density at radius 3 is 2.37 bits per heavy atom. The number of rotatable bonds is 10. The first-order valence-corrected chi connectivity index (χ1v) is 13.6. The summed E-state index contributed by atoms with van der Waals surface area (Å²) >= 11 is 0. The first-order valence-electron chi connectivity index (χ1n) is 13.6. The van der Waals surface area contributed by atoms with Crippen LogP contribution in [0.4, 0.5) is 16.2 Å². The van der Waals surface area contributed by atoms with E-state index in [2.05, 4.69) is 25.8 Å². The summed E-state index contributed by atoms with van der Waals surface area (Å²) in [6.07, 6.45) is 3.54. The molecule has 1 fully saturated rings. The molecule has 4 amide bonds. The zero-order valence-electron chi connectivity index (χ0n) is 22.9. The van der Waals surface area contributed by atoms with E-state index in [1.165, 1.54) is 6.20 Å². The molecule has 1 aromatic heterocycles. The first-order chi connectivity index (χ1) is 19.9. The van der Waals surface area contributed by atoms with E-state index in [1.807, 2.05) is 25.1 Å². The quantitative estimate of drug-likeness (QED) is 0.298. The zero-order chi connectivity index (χ0) is 29.2. The molecule has 0 aliphatic carbocycles. The molecule has 0 radical (unpaired) electrons. The van der Waals surface area contributed by atoms with Crippen LogP contribution in [0.1, 0.15) is 52.1 Å². The van der Waals surface area contributed by atoms with Gasteiger partial charge in [0.2, 0.25) is 0 Å². The van der Waals surface area contributed by atoms with E-state index in [9.17, 15) is 24.3 Å². The Kier molecular flexibility index (Phi) is 9.87. The van der Waals surface area contributed by atoms with Crippen molar-refractivity contribution in [1.82, 2.24) is 20.5 Å². The predicted molar refractivity (Wildman–Crippen MR) is 155 cm³/mol. The standard InChI is InChI=1S/C30H34N6O5/c1-2-12-32-30(41)34-25-18-22(28(39)33-24(19-27(37)38)23-9-6-13-31-20-23)10-11-26(25)35-14-16-36(17-15-35)29(40)21-7-4-3-5-8-21/h3-11,13,18,20,24H,2,12,14-17,19H2,1H3,(H,33,39)(H,37,38)(H2,32,34,41). The molecule has 0 saturated carbocycles. The number of amides is 4. The highest BCUT2D eigenvalue weighted by Gasteiger charge is 2.25. The van der Waals surface area contributed by atoms with E-state index in [-0.39, 0.29) is 17.9 Å². The molecule has 4 N–H and O–H groups in total. The highest BCUT2D eigenvalue weighted by molar-refractivity contribution is 6.00. The molecule has 3 aromatic rings. The van der Waals surface area contributed by atoms with Crippen LogP contribution in [0.3, 0.4) is 0 Å². The van der Waals surface area contributed by atoms with Gasteiger partial charge in [-0.15, -0.1) is 0 Å². The van der Waals surface area contributed by atoms with Crippen molar-refractivity contribution >= 4 is 35.2 Å². The lowest BCUT2D eigenvalue weighted by molar-refractivity contribution is -0.137. The lowest BCUT2D eigenvalue weighted by Crippen LogP contribution is -2.49. The van der Waals surface area contributed by atoms with Crippen LogP contribution in [-0.4, -0.2) is 71.5 Å². The van der Waals surface area contributed by atoms with Crippen LogP contribution in [0, 0.1) is 0 Å². The second kappa shape index (κ2) is 13.9. The van der Waals surface area contributed by atoms with Crippen LogP contribution in [0.2, 0.25) is 0 Å². The van der Waals surface area contributed by atoms with E-state index < -0.39 is 23.9 Å². The molecule has 1 unspecified atom stereocenters. The highest BCUT2D eigenvalue weighted by atomic mass is 16.4. The molecule has 1 atom stereocenters. The van der Waals surface area contributed by atoms with Crippen LogP contribution in [0.25, 0.3) is 0 Å². The normalized spacial score (nSPS) is 13.7. The molecular formula is C30H34N6O5. The molecular weight excluding hydrogens is 524 g/mol. The number of carbonyl (C=O) groups excluding carboxylic acids is 3. The van der Waals surface area contributed by atoms with Crippen molar-refractivity contribution in [3.8, 4) is 0 Å². The number of carboxylic acids is 1. The van der Waals surface area contributed by atoms with Gasteiger partial charge in [0, 0.05) is 56.2 Å². The Morgan fingerprint density at radius 2 is 1.71 bits per heavy atom. The van der Waals surface area contributed by atoms with Crippen molar-refractivity contribution in [3.63, 3.8) is 0 Å². The number of carboxylic acid groups (broad SMARTS) is 1. The molecule has 1 aliphatic heterocycles. The number of pyridine rings is 1. The van der Waals surface area contributed by atoms with Crippen LogP contribution in [0.15, 0.2) is 73.1 Å². The number of nitrogens with zero attached hydrogens (tertiary/aromatic N) is 3. The lowest BCUT2D eigenvalue weighted by Gasteiger charge is -2.37. The molecule has 41 heavy (non-hydrogen) atoms. The molecule has 11 nitrogen and oxygen atoms in total. The Bertz CT molecular complexity index is 1360. The van der Waals surface area contributed by atoms with Gasteiger partial charge in [-0.25, -0.2) is 4.79 Å². The van der Waals surface area contributed by atoms with Crippen molar-refractivity contribution in [1.29, 1.82) is 0 Å². The highest BCUT2D eigenvalue weighted by Crippen LogP contribution is 2.29. The van der Waals surface area contributed by atoms with Gasteiger partial charge in [-0.1, -0.05) is 31.2 Å². The fourth-order valence-corrected chi connectivity index (χ4v) is 4.62.